The van der Waals surface area contributed by atoms with Crippen LogP contribution in [-0.2, 0) is 11.2 Å². The lowest BCUT2D eigenvalue weighted by Crippen LogP contribution is -2.38. The summed E-state index contributed by atoms with van der Waals surface area (Å²) < 4.78 is 5.00. The first kappa shape index (κ1) is 13.0. The van der Waals surface area contributed by atoms with E-state index in [1.54, 1.807) is 23.3 Å². The lowest BCUT2D eigenvalue weighted by molar-refractivity contribution is 0.101. The molecule has 1 unspecified atom stereocenters. The monoisotopic (exact) mass is 241 g/mol. The van der Waals surface area contributed by atoms with Crippen LogP contribution in [0.25, 0.3) is 0 Å². The van der Waals surface area contributed by atoms with Crippen molar-refractivity contribution in [3.8, 4) is 0 Å². The molecule has 0 aromatic carbocycles. The molecule has 1 atom stereocenters. The van der Waals surface area contributed by atoms with E-state index in [0.29, 0.717) is 6.61 Å². The topological polar surface area (TPSA) is 29.5 Å². The van der Waals surface area contributed by atoms with E-state index in [2.05, 4.69) is 18.4 Å². The second kappa shape index (κ2) is 6.53. The molecule has 90 valence electrons. The fraction of sp³-hybridized carbons (Fsp3) is 0.583. The van der Waals surface area contributed by atoms with Crippen molar-refractivity contribution in [2.24, 2.45) is 0 Å². The van der Waals surface area contributed by atoms with Crippen molar-refractivity contribution in [2.45, 2.75) is 32.7 Å². The molecule has 0 bridgehead atoms. The lowest BCUT2D eigenvalue weighted by Gasteiger charge is -2.26. The Bertz CT molecular complexity index is 311. The first-order valence-electron chi connectivity index (χ1n) is 5.61. The van der Waals surface area contributed by atoms with Gasteiger partial charge in [0.25, 0.3) is 0 Å². The van der Waals surface area contributed by atoms with Crippen LogP contribution in [0.4, 0.5) is 4.79 Å². The van der Waals surface area contributed by atoms with Crippen molar-refractivity contribution in [1.29, 1.82) is 0 Å². The highest BCUT2D eigenvalue weighted by atomic mass is 32.1. The Balaban J connectivity index is 2.56. The summed E-state index contributed by atoms with van der Waals surface area (Å²) >= 11 is 1.73. The zero-order valence-electron chi connectivity index (χ0n) is 10.1. The average Bonchev–Trinajstić information content (AvgIpc) is 2.78. The molecule has 0 fully saturated rings. The molecule has 1 amide bonds. The number of carbonyl (C=O) groups is 1. The van der Waals surface area contributed by atoms with Crippen LogP contribution in [0.15, 0.2) is 17.5 Å². The number of nitrogens with zero attached hydrogens (tertiary/aromatic N) is 1. The first-order chi connectivity index (χ1) is 7.69. The Morgan fingerprint density at radius 1 is 1.56 bits per heavy atom. The Morgan fingerprint density at radius 2 is 2.31 bits per heavy atom. The van der Waals surface area contributed by atoms with Gasteiger partial charge >= 0.3 is 6.09 Å². The number of likely N-dealkylation sites (N-methyl/N-ethyl adjacent to an activating group) is 1. The molecule has 4 heteroatoms. The Hall–Kier alpha value is -1.03. The SMILES string of the molecule is CCOC(=O)N(C)C(CC)Cc1cccs1. The molecule has 0 radical (unpaired) electrons. The summed E-state index contributed by atoms with van der Waals surface area (Å²) in [6.07, 6.45) is 1.61. The van der Waals surface area contributed by atoms with Crippen molar-refractivity contribution in [1.82, 2.24) is 4.90 Å². The lowest BCUT2D eigenvalue weighted by atomic mass is 10.1. The Morgan fingerprint density at radius 3 is 2.81 bits per heavy atom. The highest BCUT2D eigenvalue weighted by molar-refractivity contribution is 7.09. The predicted octanol–water partition coefficient (Wildman–Crippen LogP) is 3.16. The van der Waals surface area contributed by atoms with E-state index in [1.165, 1.54) is 4.88 Å². The van der Waals surface area contributed by atoms with Crippen molar-refractivity contribution >= 4 is 17.4 Å². The van der Waals surface area contributed by atoms with Crippen molar-refractivity contribution in [2.75, 3.05) is 13.7 Å². The zero-order valence-corrected chi connectivity index (χ0v) is 10.9. The van der Waals surface area contributed by atoms with Crippen LogP contribution in [0.2, 0.25) is 0 Å². The maximum atomic E-state index is 11.6. The van der Waals surface area contributed by atoms with Gasteiger partial charge in [0.2, 0.25) is 0 Å². The number of thiophene rings is 1. The first-order valence-corrected chi connectivity index (χ1v) is 6.49. The van der Waals surface area contributed by atoms with Crippen LogP contribution >= 0.6 is 11.3 Å². The summed E-state index contributed by atoms with van der Waals surface area (Å²) in [6, 6.07) is 4.36. The summed E-state index contributed by atoms with van der Waals surface area (Å²) in [6.45, 7) is 4.35. The van der Waals surface area contributed by atoms with Gasteiger partial charge in [0.05, 0.1) is 6.61 Å². The normalized spacial score (nSPS) is 12.2. The molecular weight excluding hydrogens is 222 g/mol. The van der Waals surface area contributed by atoms with Crippen LogP contribution in [0.1, 0.15) is 25.1 Å². The van der Waals surface area contributed by atoms with Gasteiger partial charge in [-0.15, -0.1) is 11.3 Å². The maximum Gasteiger partial charge on any atom is 0.409 e. The molecule has 0 N–H and O–H groups in total. The van der Waals surface area contributed by atoms with Crippen molar-refractivity contribution < 1.29 is 9.53 Å². The zero-order chi connectivity index (χ0) is 12.0. The number of carbonyl (C=O) groups excluding carboxylic acids is 1. The van der Waals surface area contributed by atoms with Crippen LogP contribution in [0, 0.1) is 0 Å². The quantitative estimate of drug-likeness (QED) is 0.792. The van der Waals surface area contributed by atoms with Gasteiger partial charge in [-0.25, -0.2) is 4.79 Å². The minimum absolute atomic E-state index is 0.220. The second-order valence-electron chi connectivity index (χ2n) is 3.66. The van der Waals surface area contributed by atoms with Gasteiger partial charge in [-0.05, 0) is 24.8 Å². The van der Waals surface area contributed by atoms with E-state index in [9.17, 15) is 4.79 Å². The number of amides is 1. The number of hydrogen-bond acceptors (Lipinski definition) is 3. The van der Waals surface area contributed by atoms with Crippen LogP contribution < -0.4 is 0 Å². The third-order valence-corrected chi connectivity index (χ3v) is 3.49. The van der Waals surface area contributed by atoms with Gasteiger partial charge in [0.1, 0.15) is 0 Å². The standard InChI is InChI=1S/C12H19NO2S/c1-4-10(9-11-7-6-8-16-11)13(3)12(14)15-5-2/h6-8,10H,4-5,9H2,1-3H3. The number of rotatable bonds is 5. The minimum Gasteiger partial charge on any atom is -0.450 e. The number of hydrogen-bond donors (Lipinski definition) is 0. The molecule has 0 aliphatic heterocycles. The average molecular weight is 241 g/mol. The summed E-state index contributed by atoms with van der Waals surface area (Å²) in [5.74, 6) is 0. The van der Waals surface area contributed by atoms with Crippen molar-refractivity contribution in [3.63, 3.8) is 0 Å². The van der Waals surface area contributed by atoms with Crippen LogP contribution in [0.3, 0.4) is 0 Å². The Kier molecular flexibility index (Phi) is 5.32. The van der Waals surface area contributed by atoms with Gasteiger partial charge in [0, 0.05) is 24.4 Å². The van der Waals surface area contributed by atoms with Crippen LogP contribution in [-0.4, -0.2) is 30.7 Å². The fourth-order valence-corrected chi connectivity index (χ4v) is 2.37. The molecule has 0 saturated carbocycles. The molecular formula is C12H19NO2S. The van der Waals surface area contributed by atoms with Gasteiger partial charge < -0.3 is 9.64 Å². The summed E-state index contributed by atoms with van der Waals surface area (Å²) in [7, 11) is 1.81. The molecule has 0 aliphatic rings. The van der Waals surface area contributed by atoms with Crippen LogP contribution in [0.5, 0.6) is 0 Å². The maximum absolute atomic E-state index is 11.6. The van der Waals surface area contributed by atoms with Gasteiger partial charge in [-0.2, -0.15) is 0 Å². The third kappa shape index (κ3) is 3.52. The Labute approximate surface area is 101 Å². The smallest absolute Gasteiger partial charge is 0.409 e. The molecule has 1 aromatic rings. The predicted molar refractivity (Wildman–Crippen MR) is 66.9 cm³/mol. The van der Waals surface area contributed by atoms with E-state index >= 15 is 0 Å². The van der Waals surface area contributed by atoms with Crippen molar-refractivity contribution in [3.05, 3.63) is 22.4 Å². The summed E-state index contributed by atoms with van der Waals surface area (Å²) in [4.78, 5) is 14.6. The highest BCUT2D eigenvalue weighted by Gasteiger charge is 2.19. The second-order valence-corrected chi connectivity index (χ2v) is 4.69. The molecule has 3 nitrogen and oxygen atoms in total. The van der Waals surface area contributed by atoms with E-state index in [1.807, 2.05) is 13.0 Å². The highest BCUT2D eigenvalue weighted by Crippen LogP contribution is 2.16. The van der Waals surface area contributed by atoms with E-state index in [0.717, 1.165) is 12.8 Å². The van der Waals surface area contributed by atoms with E-state index < -0.39 is 0 Å². The molecule has 0 saturated heterocycles. The van der Waals surface area contributed by atoms with Gasteiger partial charge in [0.15, 0.2) is 0 Å². The molecule has 0 spiro atoms. The molecule has 1 aromatic heterocycles. The largest absolute Gasteiger partial charge is 0.450 e. The summed E-state index contributed by atoms with van der Waals surface area (Å²) in [5, 5.41) is 2.06. The minimum atomic E-state index is -0.231. The molecule has 16 heavy (non-hydrogen) atoms. The third-order valence-electron chi connectivity index (χ3n) is 2.59. The molecule has 1 heterocycles. The van der Waals surface area contributed by atoms with E-state index in [4.69, 9.17) is 4.74 Å². The molecule has 0 aliphatic carbocycles. The number of ether oxygens (including phenoxy) is 1. The molecule has 1 rings (SSSR count). The van der Waals surface area contributed by atoms with Gasteiger partial charge in [-0.3, -0.25) is 0 Å². The van der Waals surface area contributed by atoms with E-state index in [-0.39, 0.29) is 12.1 Å². The fourth-order valence-electron chi connectivity index (χ4n) is 1.59. The summed E-state index contributed by atoms with van der Waals surface area (Å²) in [5.41, 5.74) is 0. The van der Waals surface area contributed by atoms with Gasteiger partial charge in [-0.1, -0.05) is 13.0 Å².